The molecule has 128 valence electrons. The fourth-order valence-corrected chi connectivity index (χ4v) is 3.26. The molecule has 0 saturated carbocycles. The van der Waals surface area contributed by atoms with Crippen molar-refractivity contribution >= 4 is 51.8 Å². The molecule has 0 spiro atoms. The van der Waals surface area contributed by atoms with Gasteiger partial charge in [-0.3, -0.25) is 9.59 Å². The Kier molecular flexibility index (Phi) is 6.74. The third kappa shape index (κ3) is 5.31. The number of nitrogens with one attached hydrogen (secondary N) is 2. The first-order valence-corrected chi connectivity index (χ1v) is 8.87. The molecule has 1 aromatic carbocycles. The van der Waals surface area contributed by atoms with E-state index in [0.717, 1.165) is 12.8 Å². The van der Waals surface area contributed by atoms with Crippen LogP contribution >= 0.6 is 24.0 Å². The van der Waals surface area contributed by atoms with E-state index < -0.39 is 5.25 Å². The second kappa shape index (κ2) is 8.79. The van der Waals surface area contributed by atoms with Crippen LogP contribution in [0.4, 0.5) is 5.69 Å². The summed E-state index contributed by atoms with van der Waals surface area (Å²) in [5, 5.41) is 4.70. The summed E-state index contributed by atoms with van der Waals surface area (Å²) in [6.07, 6.45) is 1.83. The van der Waals surface area contributed by atoms with Gasteiger partial charge in [-0.05, 0) is 30.7 Å². The first-order chi connectivity index (χ1) is 11.5. The van der Waals surface area contributed by atoms with Crippen LogP contribution in [0.25, 0.3) is 0 Å². The first-order valence-electron chi connectivity index (χ1n) is 7.58. The van der Waals surface area contributed by atoms with Gasteiger partial charge in [-0.25, -0.2) is 4.79 Å². The molecular weight excluding hydrogens is 348 g/mol. The molecule has 1 heterocycles. The van der Waals surface area contributed by atoms with E-state index in [2.05, 4.69) is 10.6 Å². The van der Waals surface area contributed by atoms with Crippen molar-refractivity contribution in [1.29, 1.82) is 0 Å². The number of hydrogen-bond donors (Lipinski definition) is 2. The van der Waals surface area contributed by atoms with E-state index in [-0.39, 0.29) is 24.2 Å². The van der Waals surface area contributed by atoms with Crippen LogP contribution in [0.15, 0.2) is 24.3 Å². The number of anilines is 1. The summed E-state index contributed by atoms with van der Waals surface area (Å²) < 4.78 is 5.51. The predicted octanol–water partition coefficient (Wildman–Crippen LogP) is 2.49. The molecule has 24 heavy (non-hydrogen) atoms. The van der Waals surface area contributed by atoms with Gasteiger partial charge < -0.3 is 15.4 Å². The second-order valence-corrected chi connectivity index (χ2v) is 7.08. The maximum Gasteiger partial charge on any atom is 0.338 e. The summed E-state index contributed by atoms with van der Waals surface area (Å²) in [5.74, 6) is -0.912. The van der Waals surface area contributed by atoms with Crippen molar-refractivity contribution in [2.75, 3.05) is 11.9 Å². The number of unbranched alkanes of at least 4 members (excludes halogenated alkanes) is 1. The van der Waals surface area contributed by atoms with E-state index in [4.69, 9.17) is 17.0 Å². The van der Waals surface area contributed by atoms with Gasteiger partial charge in [0, 0.05) is 12.1 Å². The van der Waals surface area contributed by atoms with Crippen LogP contribution in [0, 0.1) is 0 Å². The lowest BCUT2D eigenvalue weighted by atomic mass is 10.2. The van der Waals surface area contributed by atoms with Crippen LogP contribution in [0.1, 0.15) is 36.5 Å². The summed E-state index contributed by atoms with van der Waals surface area (Å²) in [4.78, 5) is 35.3. The molecule has 2 N–H and O–H groups in total. The number of benzene rings is 1. The minimum atomic E-state index is -0.495. The Balaban J connectivity index is 1.84. The molecule has 0 unspecified atom stereocenters. The Bertz CT molecular complexity index is 646. The van der Waals surface area contributed by atoms with Gasteiger partial charge in [0.25, 0.3) is 0 Å². The number of esters is 1. The predicted molar refractivity (Wildman–Crippen MR) is 97.0 cm³/mol. The molecule has 0 bridgehead atoms. The topological polar surface area (TPSA) is 84.5 Å². The van der Waals surface area contributed by atoms with Crippen LogP contribution in [-0.2, 0) is 14.3 Å². The molecule has 1 fully saturated rings. The van der Waals surface area contributed by atoms with Crippen molar-refractivity contribution in [2.24, 2.45) is 0 Å². The molecule has 0 aliphatic carbocycles. The van der Waals surface area contributed by atoms with Gasteiger partial charge in [-0.1, -0.05) is 37.3 Å². The Morgan fingerprint density at radius 2 is 2.04 bits per heavy atom. The molecule has 2 rings (SSSR count). The van der Waals surface area contributed by atoms with E-state index in [1.165, 1.54) is 11.8 Å². The lowest BCUT2D eigenvalue weighted by Gasteiger charge is -2.08. The Labute approximate surface area is 149 Å². The maximum atomic E-state index is 12.0. The van der Waals surface area contributed by atoms with Gasteiger partial charge in [0.05, 0.1) is 17.4 Å². The van der Waals surface area contributed by atoms with Crippen LogP contribution in [-0.4, -0.2) is 34.0 Å². The minimum Gasteiger partial charge on any atom is -0.462 e. The van der Waals surface area contributed by atoms with Gasteiger partial charge in [0.15, 0.2) is 0 Å². The quantitative estimate of drug-likeness (QED) is 0.438. The van der Waals surface area contributed by atoms with Crippen LogP contribution in [0.5, 0.6) is 0 Å². The van der Waals surface area contributed by atoms with Crippen molar-refractivity contribution in [3.63, 3.8) is 0 Å². The van der Waals surface area contributed by atoms with E-state index >= 15 is 0 Å². The smallest absolute Gasteiger partial charge is 0.338 e. The number of carbonyl (C=O) groups is 3. The number of ether oxygens (including phenoxy) is 1. The summed E-state index contributed by atoms with van der Waals surface area (Å²) in [7, 11) is 0. The third-order valence-corrected chi connectivity index (χ3v) is 4.65. The number of carbonyl (C=O) groups excluding carboxylic acids is 3. The highest BCUT2D eigenvalue weighted by molar-refractivity contribution is 8.24. The molecule has 6 nitrogen and oxygen atoms in total. The first kappa shape index (κ1) is 18.4. The molecule has 1 saturated heterocycles. The highest BCUT2D eigenvalue weighted by atomic mass is 32.2. The fraction of sp³-hybridized carbons (Fsp3) is 0.375. The SMILES string of the molecule is CCCCOC(=O)c1ccc(NC(=O)C[C@@H]2SC(=S)NC2=O)cc1. The van der Waals surface area contributed by atoms with Crippen molar-refractivity contribution in [2.45, 2.75) is 31.4 Å². The summed E-state index contributed by atoms with van der Waals surface area (Å²) in [6, 6.07) is 6.44. The molecular formula is C16H18N2O4S2. The monoisotopic (exact) mass is 366 g/mol. The molecule has 1 aromatic rings. The van der Waals surface area contributed by atoms with Crippen molar-refractivity contribution in [3.8, 4) is 0 Å². The third-order valence-electron chi connectivity index (χ3n) is 3.27. The lowest BCUT2D eigenvalue weighted by molar-refractivity contribution is -0.122. The summed E-state index contributed by atoms with van der Waals surface area (Å²) >= 11 is 6.06. The number of thiocarbonyl (C=S) groups is 1. The standard InChI is InChI=1S/C16H18N2O4S2/c1-2-3-8-22-15(21)10-4-6-11(7-5-10)17-13(19)9-12-14(20)18-16(23)24-12/h4-7,12H,2-3,8-9H2,1H3,(H,17,19)(H,18,20,23)/t12-/m0/s1. The summed E-state index contributed by atoms with van der Waals surface area (Å²) in [6.45, 7) is 2.42. The highest BCUT2D eigenvalue weighted by Crippen LogP contribution is 2.22. The lowest BCUT2D eigenvalue weighted by Crippen LogP contribution is -2.27. The largest absolute Gasteiger partial charge is 0.462 e. The van der Waals surface area contributed by atoms with Crippen molar-refractivity contribution in [1.82, 2.24) is 5.32 Å². The Morgan fingerprint density at radius 1 is 1.33 bits per heavy atom. The number of hydrogen-bond acceptors (Lipinski definition) is 6. The highest BCUT2D eigenvalue weighted by Gasteiger charge is 2.30. The zero-order valence-electron chi connectivity index (χ0n) is 13.2. The number of thioether (sulfide) groups is 1. The Hall–Kier alpha value is -1.93. The van der Waals surface area contributed by atoms with E-state index in [9.17, 15) is 14.4 Å². The zero-order valence-corrected chi connectivity index (χ0v) is 14.8. The molecule has 0 aromatic heterocycles. The van der Waals surface area contributed by atoms with E-state index in [0.29, 0.717) is 22.2 Å². The van der Waals surface area contributed by atoms with Gasteiger partial charge in [0.1, 0.15) is 4.32 Å². The maximum absolute atomic E-state index is 12.0. The van der Waals surface area contributed by atoms with Crippen LogP contribution in [0.2, 0.25) is 0 Å². The fourth-order valence-electron chi connectivity index (χ4n) is 1.99. The van der Waals surface area contributed by atoms with Gasteiger partial charge in [-0.2, -0.15) is 0 Å². The van der Waals surface area contributed by atoms with Gasteiger partial charge in [-0.15, -0.1) is 0 Å². The molecule has 1 atom stereocenters. The van der Waals surface area contributed by atoms with Crippen molar-refractivity contribution in [3.05, 3.63) is 29.8 Å². The van der Waals surface area contributed by atoms with Crippen molar-refractivity contribution < 1.29 is 19.1 Å². The number of rotatable bonds is 7. The normalized spacial score (nSPS) is 16.6. The number of amides is 2. The van der Waals surface area contributed by atoms with Gasteiger partial charge in [0.2, 0.25) is 11.8 Å². The van der Waals surface area contributed by atoms with Gasteiger partial charge >= 0.3 is 5.97 Å². The second-order valence-electron chi connectivity index (χ2n) is 5.20. The minimum absolute atomic E-state index is 0.0391. The molecule has 8 heteroatoms. The van der Waals surface area contributed by atoms with Crippen LogP contribution in [0.3, 0.4) is 0 Å². The molecule has 2 amide bonds. The molecule has 0 radical (unpaired) electrons. The summed E-state index contributed by atoms with van der Waals surface area (Å²) in [5.41, 5.74) is 0.983. The van der Waals surface area contributed by atoms with Crippen LogP contribution < -0.4 is 10.6 Å². The zero-order chi connectivity index (χ0) is 17.5. The average molecular weight is 366 g/mol. The Morgan fingerprint density at radius 3 is 2.62 bits per heavy atom. The molecule has 1 aliphatic rings. The van der Waals surface area contributed by atoms with E-state index in [1.807, 2.05) is 6.92 Å². The average Bonchev–Trinajstić information content (AvgIpc) is 2.85. The molecule has 1 aliphatic heterocycles. The van der Waals surface area contributed by atoms with E-state index in [1.54, 1.807) is 24.3 Å².